The van der Waals surface area contributed by atoms with E-state index in [-0.39, 0.29) is 24.0 Å². The molecule has 1 aromatic carbocycles. The number of ether oxygens (including phenoxy) is 1. The molecule has 4 unspecified atom stereocenters. The van der Waals surface area contributed by atoms with Crippen molar-refractivity contribution in [1.82, 2.24) is 15.2 Å². The molecule has 4 heterocycles. The van der Waals surface area contributed by atoms with Crippen LogP contribution in [0.3, 0.4) is 0 Å². The summed E-state index contributed by atoms with van der Waals surface area (Å²) in [6.07, 6.45) is 3.49. The highest BCUT2D eigenvalue weighted by Gasteiger charge is 2.53. The van der Waals surface area contributed by atoms with Gasteiger partial charge in [-0.05, 0) is 31.9 Å². The van der Waals surface area contributed by atoms with Crippen LogP contribution in [0.2, 0.25) is 0 Å². The Bertz CT molecular complexity index is 792. The maximum absolute atomic E-state index is 6.10. The molecular formula is C20H28IN5OS. The molecule has 2 bridgehead atoms. The molecule has 0 saturated carbocycles. The molecular weight excluding hydrogens is 485 g/mol. The van der Waals surface area contributed by atoms with Gasteiger partial charge in [-0.1, -0.05) is 23.5 Å². The van der Waals surface area contributed by atoms with Crippen molar-refractivity contribution < 1.29 is 4.74 Å². The first-order valence-corrected chi connectivity index (χ1v) is 10.9. The second kappa shape index (κ2) is 8.71. The Morgan fingerprint density at radius 2 is 2.00 bits per heavy atom. The van der Waals surface area contributed by atoms with Gasteiger partial charge in [0.2, 0.25) is 0 Å². The van der Waals surface area contributed by atoms with Crippen LogP contribution in [0.15, 0.2) is 29.3 Å². The second-order valence-electron chi connectivity index (χ2n) is 7.67. The van der Waals surface area contributed by atoms with Gasteiger partial charge in [0.05, 0.1) is 29.0 Å². The Kier molecular flexibility index (Phi) is 6.27. The lowest BCUT2D eigenvalue weighted by molar-refractivity contribution is 0.0767. The van der Waals surface area contributed by atoms with E-state index in [0.29, 0.717) is 24.0 Å². The smallest absolute Gasteiger partial charge is 0.193 e. The van der Waals surface area contributed by atoms with Crippen LogP contribution in [-0.2, 0) is 4.74 Å². The Morgan fingerprint density at radius 1 is 1.25 bits per heavy atom. The molecule has 1 aromatic heterocycles. The topological polar surface area (TPSA) is 61.8 Å². The number of guanidine groups is 1. The number of anilines is 1. The van der Waals surface area contributed by atoms with Crippen molar-refractivity contribution in [3.8, 4) is 0 Å². The van der Waals surface area contributed by atoms with Gasteiger partial charge >= 0.3 is 0 Å². The zero-order chi connectivity index (χ0) is 18.2. The molecule has 0 amide bonds. The summed E-state index contributed by atoms with van der Waals surface area (Å²) in [5, 5.41) is 7.87. The number of nitrogens with one attached hydrogen (secondary N) is 2. The third-order valence-corrected chi connectivity index (χ3v) is 7.02. The molecule has 2 N–H and O–H groups in total. The van der Waals surface area contributed by atoms with Gasteiger partial charge in [0.15, 0.2) is 11.1 Å². The first-order valence-electron chi connectivity index (χ1n) is 10.1. The number of rotatable bonds is 5. The summed E-state index contributed by atoms with van der Waals surface area (Å²) in [5.74, 6) is 2.46. The van der Waals surface area contributed by atoms with E-state index < -0.39 is 0 Å². The van der Waals surface area contributed by atoms with Gasteiger partial charge in [-0.2, -0.15) is 0 Å². The van der Waals surface area contributed by atoms with E-state index in [1.807, 2.05) is 6.07 Å². The van der Waals surface area contributed by atoms with Crippen molar-refractivity contribution in [2.75, 3.05) is 38.0 Å². The number of para-hydroxylation sites is 1. The molecule has 0 radical (unpaired) electrons. The van der Waals surface area contributed by atoms with Crippen molar-refractivity contribution in [3.05, 3.63) is 24.3 Å². The lowest BCUT2D eigenvalue weighted by atomic mass is 9.82. The number of benzene rings is 1. The van der Waals surface area contributed by atoms with Gasteiger partial charge in [0.1, 0.15) is 0 Å². The van der Waals surface area contributed by atoms with Crippen molar-refractivity contribution >= 4 is 56.6 Å². The lowest BCUT2D eigenvalue weighted by Gasteiger charge is -2.23. The van der Waals surface area contributed by atoms with Crippen molar-refractivity contribution in [2.24, 2.45) is 16.8 Å². The number of fused-ring (bicyclic) bond motifs is 6. The standard InChI is InChI=1S/C20H27N5OS.HI/c1-2-21-19(25-11-13-14(12-25)17-8-7-16(13)26-17)22-9-10-23-20-24-15-5-3-4-6-18(15)27-20;/h3-6,13-14,16-17H,2,7-12H2,1H3,(H,21,22)(H,23,24);1H. The maximum atomic E-state index is 6.10. The van der Waals surface area contributed by atoms with E-state index in [1.165, 1.54) is 17.5 Å². The molecule has 5 rings (SSSR count). The van der Waals surface area contributed by atoms with Crippen LogP contribution in [-0.4, -0.2) is 60.8 Å². The molecule has 4 atom stereocenters. The maximum Gasteiger partial charge on any atom is 0.193 e. The first-order chi connectivity index (χ1) is 13.3. The van der Waals surface area contributed by atoms with Crippen LogP contribution in [0, 0.1) is 11.8 Å². The Hall–Kier alpha value is -1.13. The fourth-order valence-electron chi connectivity index (χ4n) is 4.83. The first kappa shape index (κ1) is 20.2. The predicted octanol–water partition coefficient (Wildman–Crippen LogP) is 3.40. The number of likely N-dealkylation sites (tertiary alicyclic amines) is 1. The second-order valence-corrected chi connectivity index (χ2v) is 8.70. The minimum absolute atomic E-state index is 0. The highest BCUT2D eigenvalue weighted by Crippen LogP contribution is 2.47. The largest absolute Gasteiger partial charge is 0.374 e. The fourth-order valence-corrected chi connectivity index (χ4v) is 5.72. The van der Waals surface area contributed by atoms with Crippen molar-refractivity contribution in [3.63, 3.8) is 0 Å². The van der Waals surface area contributed by atoms with E-state index >= 15 is 0 Å². The Labute approximate surface area is 187 Å². The summed E-state index contributed by atoms with van der Waals surface area (Å²) >= 11 is 1.70. The predicted molar refractivity (Wildman–Crippen MR) is 126 cm³/mol. The average Bonchev–Trinajstić information content (AvgIpc) is 3.44. The molecule has 3 aliphatic heterocycles. The fraction of sp³-hybridized carbons (Fsp3) is 0.600. The van der Waals surface area contributed by atoms with Gasteiger partial charge in [0.25, 0.3) is 0 Å². The molecule has 3 fully saturated rings. The number of nitrogens with zero attached hydrogens (tertiary/aromatic N) is 3. The highest BCUT2D eigenvalue weighted by atomic mass is 127. The summed E-state index contributed by atoms with van der Waals surface area (Å²) in [6.45, 7) is 6.75. The quantitative estimate of drug-likeness (QED) is 0.278. The summed E-state index contributed by atoms with van der Waals surface area (Å²) in [7, 11) is 0. The summed E-state index contributed by atoms with van der Waals surface area (Å²) < 4.78 is 7.32. The van der Waals surface area contributed by atoms with E-state index in [4.69, 9.17) is 9.73 Å². The van der Waals surface area contributed by atoms with Gasteiger partial charge in [-0.3, -0.25) is 4.99 Å². The van der Waals surface area contributed by atoms with Crippen molar-refractivity contribution in [1.29, 1.82) is 0 Å². The molecule has 2 aromatic rings. The third kappa shape index (κ3) is 3.82. The molecule has 0 aliphatic carbocycles. The number of halogens is 1. The van der Waals surface area contributed by atoms with Gasteiger partial charge < -0.3 is 20.3 Å². The Morgan fingerprint density at radius 3 is 2.71 bits per heavy atom. The Balaban J connectivity index is 0.00000192. The zero-order valence-corrected chi connectivity index (χ0v) is 19.3. The van der Waals surface area contributed by atoms with Crippen LogP contribution in [0.25, 0.3) is 10.2 Å². The average molecular weight is 513 g/mol. The van der Waals surface area contributed by atoms with E-state index in [1.54, 1.807) is 11.3 Å². The number of hydrogen-bond donors (Lipinski definition) is 2. The van der Waals surface area contributed by atoms with Crippen LogP contribution >= 0.6 is 35.3 Å². The van der Waals surface area contributed by atoms with Gasteiger partial charge in [0, 0.05) is 38.0 Å². The van der Waals surface area contributed by atoms with Crippen molar-refractivity contribution in [2.45, 2.75) is 32.0 Å². The molecule has 6 nitrogen and oxygen atoms in total. The van der Waals surface area contributed by atoms with E-state index in [9.17, 15) is 0 Å². The molecule has 3 saturated heterocycles. The van der Waals surface area contributed by atoms with E-state index in [0.717, 1.165) is 49.3 Å². The molecule has 152 valence electrons. The van der Waals surface area contributed by atoms with Gasteiger partial charge in [-0.25, -0.2) is 4.98 Å². The van der Waals surface area contributed by atoms with Crippen LogP contribution in [0.1, 0.15) is 19.8 Å². The minimum Gasteiger partial charge on any atom is -0.374 e. The molecule has 0 spiro atoms. The molecule has 8 heteroatoms. The lowest BCUT2D eigenvalue weighted by Crippen LogP contribution is -2.41. The number of aliphatic imine (C=N–C) groups is 1. The summed E-state index contributed by atoms with van der Waals surface area (Å²) in [5.41, 5.74) is 1.06. The normalized spacial score (nSPS) is 28.5. The zero-order valence-electron chi connectivity index (χ0n) is 16.1. The number of hydrogen-bond acceptors (Lipinski definition) is 5. The summed E-state index contributed by atoms with van der Waals surface area (Å²) in [4.78, 5) is 11.9. The molecule has 28 heavy (non-hydrogen) atoms. The number of aromatic nitrogens is 1. The van der Waals surface area contributed by atoms with Gasteiger partial charge in [-0.15, -0.1) is 24.0 Å². The van der Waals surface area contributed by atoms with Crippen LogP contribution < -0.4 is 10.6 Å². The van der Waals surface area contributed by atoms with E-state index in [2.05, 4.69) is 45.6 Å². The third-order valence-electron chi connectivity index (χ3n) is 6.03. The summed E-state index contributed by atoms with van der Waals surface area (Å²) in [6, 6.07) is 8.25. The number of thiazole rings is 1. The monoisotopic (exact) mass is 513 g/mol. The van der Waals surface area contributed by atoms with Crippen LogP contribution in [0.4, 0.5) is 5.13 Å². The SMILES string of the molecule is CCNC(=NCCNc1nc2ccccc2s1)N1CC2C3CCC(O3)C2C1.I. The highest BCUT2D eigenvalue weighted by molar-refractivity contribution is 14.0. The molecule has 3 aliphatic rings. The minimum atomic E-state index is 0. The van der Waals surface area contributed by atoms with Crippen LogP contribution in [0.5, 0.6) is 0 Å².